The maximum atomic E-state index is 13.0. The molecule has 0 saturated carbocycles. The number of rotatable bonds is 7. The molecule has 0 aromatic heterocycles. The van der Waals surface area contributed by atoms with Gasteiger partial charge in [0.05, 0.1) is 13.2 Å². The maximum Gasteiger partial charge on any atom is 0.254 e. The topological polar surface area (TPSA) is 61.9 Å². The third-order valence-corrected chi connectivity index (χ3v) is 6.03. The van der Waals surface area contributed by atoms with Crippen LogP contribution in [0, 0.1) is 0 Å². The smallest absolute Gasteiger partial charge is 0.254 e. The summed E-state index contributed by atoms with van der Waals surface area (Å²) in [4.78, 5) is 29.7. The van der Waals surface area contributed by atoms with Gasteiger partial charge in [0.15, 0.2) is 0 Å². The highest BCUT2D eigenvalue weighted by atomic mass is 79.9. The van der Waals surface area contributed by atoms with Gasteiger partial charge < -0.3 is 19.9 Å². The quantitative estimate of drug-likeness (QED) is 0.668. The molecule has 0 bridgehead atoms. The highest BCUT2D eigenvalue weighted by Crippen LogP contribution is 2.28. The van der Waals surface area contributed by atoms with Crippen LogP contribution in [0.3, 0.4) is 0 Å². The van der Waals surface area contributed by atoms with Crippen molar-refractivity contribution in [2.45, 2.75) is 24.9 Å². The summed E-state index contributed by atoms with van der Waals surface area (Å²) in [7, 11) is 5.60. The molecule has 160 valence electrons. The predicted octanol–water partition coefficient (Wildman–Crippen LogP) is 3.48. The van der Waals surface area contributed by atoms with Gasteiger partial charge in [-0.05, 0) is 57.3 Å². The molecule has 1 heterocycles. The fourth-order valence-electron chi connectivity index (χ4n) is 3.87. The van der Waals surface area contributed by atoms with E-state index in [9.17, 15) is 9.59 Å². The normalized spacial score (nSPS) is 17.1. The molecule has 2 amide bonds. The minimum atomic E-state index is -0.443. The molecule has 1 N–H and O–H groups in total. The standard InChI is InChI=1S/C23H28BrN3O3/c1-26(2)20(18-7-4-5-9-21(18)30-3)15-25-22(28)19-8-6-14-27(19)23(29)16-10-12-17(24)13-11-16/h4-5,7,9-13,19-20H,6,8,14-15H2,1-3H3,(H,25,28). The van der Waals surface area contributed by atoms with Crippen molar-refractivity contribution < 1.29 is 14.3 Å². The molecule has 1 saturated heterocycles. The van der Waals surface area contributed by atoms with Crippen molar-refractivity contribution in [2.75, 3.05) is 34.3 Å². The SMILES string of the molecule is COc1ccccc1C(CNC(=O)C1CCCN1C(=O)c1ccc(Br)cc1)N(C)C. The number of ether oxygens (including phenoxy) is 1. The molecule has 2 aromatic carbocycles. The van der Waals surface area contributed by atoms with Crippen LogP contribution in [0.15, 0.2) is 53.0 Å². The van der Waals surface area contributed by atoms with Gasteiger partial charge in [0, 0.05) is 28.7 Å². The highest BCUT2D eigenvalue weighted by Gasteiger charge is 2.35. The minimum absolute atomic E-state index is 0.0397. The minimum Gasteiger partial charge on any atom is -0.496 e. The largest absolute Gasteiger partial charge is 0.496 e. The molecular weight excluding hydrogens is 446 g/mol. The van der Waals surface area contributed by atoms with Crippen LogP contribution in [0.2, 0.25) is 0 Å². The van der Waals surface area contributed by atoms with Crippen LogP contribution in [0.5, 0.6) is 5.75 Å². The van der Waals surface area contributed by atoms with Gasteiger partial charge in [-0.1, -0.05) is 34.1 Å². The van der Waals surface area contributed by atoms with Gasteiger partial charge in [-0.2, -0.15) is 0 Å². The van der Waals surface area contributed by atoms with Gasteiger partial charge in [0.25, 0.3) is 5.91 Å². The summed E-state index contributed by atoms with van der Waals surface area (Å²) in [5.41, 5.74) is 1.61. The lowest BCUT2D eigenvalue weighted by molar-refractivity contribution is -0.125. The second-order valence-corrected chi connectivity index (χ2v) is 8.55. The van der Waals surface area contributed by atoms with Crippen LogP contribution < -0.4 is 10.1 Å². The second-order valence-electron chi connectivity index (χ2n) is 7.63. The zero-order chi connectivity index (χ0) is 21.7. The van der Waals surface area contributed by atoms with E-state index in [1.54, 1.807) is 24.1 Å². The summed E-state index contributed by atoms with van der Waals surface area (Å²) in [6, 6.07) is 14.6. The summed E-state index contributed by atoms with van der Waals surface area (Å²) < 4.78 is 6.41. The van der Waals surface area contributed by atoms with Crippen molar-refractivity contribution in [1.29, 1.82) is 0 Å². The van der Waals surface area contributed by atoms with Crippen LogP contribution in [0.4, 0.5) is 0 Å². The van der Waals surface area contributed by atoms with Crippen molar-refractivity contribution in [2.24, 2.45) is 0 Å². The number of carbonyl (C=O) groups excluding carboxylic acids is 2. The van der Waals surface area contributed by atoms with Gasteiger partial charge in [-0.25, -0.2) is 0 Å². The van der Waals surface area contributed by atoms with Gasteiger partial charge in [-0.3, -0.25) is 9.59 Å². The van der Waals surface area contributed by atoms with E-state index in [-0.39, 0.29) is 17.9 Å². The number of halogens is 1. The highest BCUT2D eigenvalue weighted by molar-refractivity contribution is 9.10. The third-order valence-electron chi connectivity index (χ3n) is 5.50. The Kier molecular flexibility index (Phi) is 7.50. The number of benzene rings is 2. The van der Waals surface area contributed by atoms with Gasteiger partial charge in [-0.15, -0.1) is 0 Å². The molecule has 1 aliphatic heterocycles. The number of methoxy groups -OCH3 is 1. The number of likely N-dealkylation sites (tertiary alicyclic amines) is 1. The molecule has 0 radical (unpaired) electrons. The lowest BCUT2D eigenvalue weighted by Crippen LogP contribution is -2.47. The molecule has 2 aromatic rings. The fourth-order valence-corrected chi connectivity index (χ4v) is 4.13. The fraction of sp³-hybridized carbons (Fsp3) is 0.391. The predicted molar refractivity (Wildman–Crippen MR) is 121 cm³/mol. The van der Waals surface area contributed by atoms with Gasteiger partial charge >= 0.3 is 0 Å². The Bertz CT molecular complexity index is 886. The molecule has 0 aliphatic carbocycles. The molecule has 2 atom stereocenters. The lowest BCUT2D eigenvalue weighted by Gasteiger charge is -2.28. The molecular formula is C23H28BrN3O3. The van der Waals surface area contributed by atoms with Crippen molar-refractivity contribution in [3.8, 4) is 5.75 Å². The van der Waals surface area contributed by atoms with Crippen molar-refractivity contribution in [1.82, 2.24) is 15.1 Å². The monoisotopic (exact) mass is 473 g/mol. The van der Waals surface area contributed by atoms with E-state index in [1.807, 2.05) is 50.5 Å². The van der Waals surface area contributed by atoms with Gasteiger partial charge in [0.1, 0.15) is 11.8 Å². The summed E-state index contributed by atoms with van der Waals surface area (Å²) >= 11 is 3.39. The molecule has 1 aliphatic rings. The summed E-state index contributed by atoms with van der Waals surface area (Å²) in [6.45, 7) is 1.03. The van der Waals surface area contributed by atoms with E-state index in [0.717, 1.165) is 22.2 Å². The van der Waals surface area contributed by atoms with Crippen molar-refractivity contribution in [3.05, 3.63) is 64.1 Å². The van der Waals surface area contributed by atoms with E-state index in [4.69, 9.17) is 4.74 Å². The van der Waals surface area contributed by atoms with Crippen LogP contribution in [0.1, 0.15) is 34.8 Å². The Hall–Kier alpha value is -2.38. The summed E-state index contributed by atoms with van der Waals surface area (Å²) in [6.07, 6.45) is 1.50. The number of nitrogens with zero attached hydrogens (tertiary/aromatic N) is 2. The van der Waals surface area contributed by atoms with Gasteiger partial charge in [0.2, 0.25) is 5.91 Å². The zero-order valence-electron chi connectivity index (χ0n) is 17.6. The summed E-state index contributed by atoms with van der Waals surface area (Å²) in [5, 5.41) is 3.06. The third kappa shape index (κ3) is 5.02. The molecule has 3 rings (SSSR count). The average molecular weight is 474 g/mol. The number of carbonyl (C=O) groups is 2. The number of likely N-dealkylation sites (N-methyl/N-ethyl adjacent to an activating group) is 1. The van der Waals surface area contributed by atoms with E-state index >= 15 is 0 Å². The number of amides is 2. The molecule has 0 spiro atoms. The van der Waals surface area contributed by atoms with Crippen LogP contribution in [-0.4, -0.2) is 62.0 Å². The Morgan fingerprint density at radius 1 is 1.20 bits per heavy atom. The first-order chi connectivity index (χ1) is 14.4. The first-order valence-corrected chi connectivity index (χ1v) is 10.8. The Labute approximate surface area is 186 Å². The molecule has 2 unspecified atom stereocenters. The first kappa shape index (κ1) is 22.3. The number of para-hydroxylation sites is 1. The molecule has 1 fully saturated rings. The number of hydrogen-bond donors (Lipinski definition) is 1. The van der Waals surface area contributed by atoms with Crippen molar-refractivity contribution in [3.63, 3.8) is 0 Å². The number of nitrogens with one attached hydrogen (secondary N) is 1. The van der Waals surface area contributed by atoms with Crippen LogP contribution >= 0.6 is 15.9 Å². The van der Waals surface area contributed by atoms with E-state index in [2.05, 4.69) is 26.1 Å². The Balaban J connectivity index is 1.69. The first-order valence-electron chi connectivity index (χ1n) is 10.1. The Morgan fingerprint density at radius 3 is 2.57 bits per heavy atom. The van der Waals surface area contributed by atoms with Crippen LogP contribution in [0.25, 0.3) is 0 Å². The Morgan fingerprint density at radius 2 is 1.90 bits per heavy atom. The number of hydrogen-bond acceptors (Lipinski definition) is 4. The average Bonchev–Trinajstić information content (AvgIpc) is 3.24. The molecule has 30 heavy (non-hydrogen) atoms. The summed E-state index contributed by atoms with van der Waals surface area (Å²) in [5.74, 6) is 0.576. The van der Waals surface area contributed by atoms with Crippen LogP contribution in [-0.2, 0) is 4.79 Å². The van der Waals surface area contributed by atoms with Crippen molar-refractivity contribution >= 4 is 27.7 Å². The second kappa shape index (κ2) is 10.1. The molecule has 7 heteroatoms. The zero-order valence-corrected chi connectivity index (χ0v) is 19.2. The molecule has 6 nitrogen and oxygen atoms in total. The van der Waals surface area contributed by atoms with E-state index in [1.165, 1.54) is 0 Å². The maximum absolute atomic E-state index is 13.0. The van der Waals surface area contributed by atoms with E-state index in [0.29, 0.717) is 25.1 Å². The van der Waals surface area contributed by atoms with E-state index < -0.39 is 6.04 Å². The lowest BCUT2D eigenvalue weighted by atomic mass is 10.0.